The minimum atomic E-state index is -0.278. The Labute approximate surface area is 50.4 Å². The molecular weight excluding hydrogens is 131 g/mol. The highest BCUT2D eigenvalue weighted by molar-refractivity contribution is 7.82. The maximum absolute atomic E-state index is 12.0. The van der Waals surface area contributed by atoms with Gasteiger partial charge < -0.3 is 0 Å². The van der Waals surface area contributed by atoms with E-state index in [1.54, 1.807) is 5.38 Å². The van der Waals surface area contributed by atoms with Crippen LogP contribution in [0.25, 0.3) is 0 Å². The highest BCUT2D eigenvalue weighted by atomic mass is 32.2. The monoisotopic (exact) mass is 133 g/mol. The lowest BCUT2D eigenvalue weighted by molar-refractivity contribution is 0.613. The molecule has 0 saturated heterocycles. The van der Waals surface area contributed by atoms with Crippen LogP contribution in [0, 0.1) is 5.82 Å². The minimum absolute atomic E-state index is 0.278. The fourth-order valence-electron chi connectivity index (χ4n) is 0.280. The molecule has 7 heavy (non-hydrogen) atoms. The molecule has 0 saturated carbocycles. The van der Waals surface area contributed by atoms with Crippen molar-refractivity contribution in [3.05, 3.63) is 17.3 Å². The maximum Gasteiger partial charge on any atom is 0.152 e. The predicted octanol–water partition coefficient (Wildman–Crippen LogP) is 2.44. The number of hydrogen-bond donors (Lipinski definition) is 0. The maximum atomic E-state index is 12.0. The Bertz CT molecular complexity index is 142. The van der Waals surface area contributed by atoms with Gasteiger partial charge in [0.1, 0.15) is 4.21 Å². The number of halogens is 1. The van der Waals surface area contributed by atoms with E-state index in [0.717, 1.165) is 0 Å². The van der Waals surface area contributed by atoms with Crippen LogP contribution in [-0.4, -0.2) is 0 Å². The molecule has 0 bridgehead atoms. The van der Waals surface area contributed by atoms with Crippen LogP contribution >= 0.6 is 24.0 Å². The van der Waals surface area contributed by atoms with Crippen molar-refractivity contribution in [2.24, 2.45) is 0 Å². The summed E-state index contributed by atoms with van der Waals surface area (Å²) in [4.78, 5) is 0. The topological polar surface area (TPSA) is 0 Å². The number of hydrogen-bond acceptors (Lipinski definition) is 1. The molecule has 0 spiro atoms. The molecule has 37 valence electrons. The number of rotatable bonds is 0. The minimum Gasteiger partial charge on any atom is -0.204 e. The third kappa shape index (κ3) is 0.894. The summed E-state index contributed by atoms with van der Waals surface area (Å²) in [5, 5.41) is 1.64. The van der Waals surface area contributed by atoms with E-state index >= 15 is 0 Å². The Morgan fingerprint density at radius 1 is 1.71 bits per heavy atom. The zero-order valence-corrected chi connectivity index (χ0v) is 4.98. The van der Waals surface area contributed by atoms with Crippen molar-refractivity contribution in [1.29, 1.82) is 0 Å². The average molecular weight is 133 g/mol. The molecule has 0 atom stereocenters. The van der Waals surface area contributed by atoms with Gasteiger partial charge in [-0.25, -0.2) is 4.39 Å². The van der Waals surface area contributed by atoms with E-state index in [0.29, 0.717) is 4.21 Å². The van der Waals surface area contributed by atoms with Crippen molar-refractivity contribution in [2.45, 2.75) is 4.21 Å². The standard InChI is InChI=1S/C4H2FS2/c5-3-1-2-7-4(3)6/h1-2H. The first-order valence-corrected chi connectivity index (χ1v) is 2.99. The van der Waals surface area contributed by atoms with Crippen molar-refractivity contribution in [3.8, 4) is 0 Å². The Morgan fingerprint density at radius 3 is 2.57 bits per heavy atom. The normalized spacial score (nSPS) is 9.29. The first-order chi connectivity index (χ1) is 3.30. The molecule has 0 aromatic carbocycles. The smallest absolute Gasteiger partial charge is 0.152 e. The van der Waals surface area contributed by atoms with E-state index in [1.165, 1.54) is 17.4 Å². The fourth-order valence-corrected chi connectivity index (χ4v) is 1.01. The molecule has 1 heterocycles. The van der Waals surface area contributed by atoms with Gasteiger partial charge in [0.15, 0.2) is 5.82 Å². The summed E-state index contributed by atoms with van der Waals surface area (Å²) in [5.74, 6) is -0.278. The molecule has 1 aromatic heterocycles. The Morgan fingerprint density at radius 2 is 2.43 bits per heavy atom. The first-order valence-electron chi connectivity index (χ1n) is 1.70. The fraction of sp³-hybridized carbons (Fsp3) is 0. The van der Waals surface area contributed by atoms with E-state index in [2.05, 4.69) is 12.6 Å². The summed E-state index contributed by atoms with van der Waals surface area (Å²) in [6, 6.07) is 1.37. The molecule has 0 N–H and O–H groups in total. The third-order valence-corrected chi connectivity index (χ3v) is 1.75. The molecule has 1 aromatic rings. The molecule has 0 fully saturated rings. The van der Waals surface area contributed by atoms with Gasteiger partial charge in [-0.15, -0.1) is 11.3 Å². The molecule has 0 amide bonds. The van der Waals surface area contributed by atoms with Gasteiger partial charge in [-0.3, -0.25) is 0 Å². The van der Waals surface area contributed by atoms with Gasteiger partial charge in [0.25, 0.3) is 0 Å². The van der Waals surface area contributed by atoms with Gasteiger partial charge >= 0.3 is 0 Å². The number of thiophene rings is 1. The molecule has 3 heteroatoms. The van der Waals surface area contributed by atoms with Crippen LogP contribution in [0.15, 0.2) is 15.7 Å². The molecule has 0 aliphatic carbocycles. The molecule has 0 aliphatic rings. The van der Waals surface area contributed by atoms with Crippen LogP contribution in [0.5, 0.6) is 0 Å². The Balaban J connectivity index is 3.12. The first kappa shape index (κ1) is 5.00. The van der Waals surface area contributed by atoms with Crippen LogP contribution in [0.4, 0.5) is 4.39 Å². The molecule has 0 unspecified atom stereocenters. The van der Waals surface area contributed by atoms with Crippen LogP contribution in [-0.2, 0) is 0 Å². The molecule has 1 radical (unpaired) electrons. The van der Waals surface area contributed by atoms with E-state index in [-0.39, 0.29) is 5.82 Å². The van der Waals surface area contributed by atoms with E-state index in [4.69, 9.17) is 0 Å². The van der Waals surface area contributed by atoms with Gasteiger partial charge in [0.2, 0.25) is 0 Å². The summed E-state index contributed by atoms with van der Waals surface area (Å²) in [6.07, 6.45) is 0. The summed E-state index contributed by atoms with van der Waals surface area (Å²) >= 11 is 5.77. The summed E-state index contributed by atoms with van der Waals surface area (Å²) in [6.45, 7) is 0. The van der Waals surface area contributed by atoms with Crippen LogP contribution in [0.2, 0.25) is 0 Å². The summed E-state index contributed by atoms with van der Waals surface area (Å²) in [7, 11) is 0. The highest BCUT2D eigenvalue weighted by Gasteiger charge is 1.94. The van der Waals surface area contributed by atoms with Crippen molar-refractivity contribution in [3.63, 3.8) is 0 Å². The average Bonchev–Trinajstić information content (AvgIpc) is 1.91. The van der Waals surface area contributed by atoms with Gasteiger partial charge in [0, 0.05) is 0 Å². The Kier molecular flexibility index (Phi) is 1.25. The molecule has 1 rings (SSSR count). The van der Waals surface area contributed by atoms with Crippen molar-refractivity contribution in [1.82, 2.24) is 0 Å². The lowest BCUT2D eigenvalue weighted by atomic mass is 10.6. The molecular formula is C4H2FS2. The quantitative estimate of drug-likeness (QED) is 0.510. The van der Waals surface area contributed by atoms with Gasteiger partial charge in [-0.2, -0.15) is 0 Å². The van der Waals surface area contributed by atoms with Crippen molar-refractivity contribution < 1.29 is 4.39 Å². The lowest BCUT2D eigenvalue weighted by Gasteiger charge is -1.72. The predicted molar refractivity (Wildman–Crippen MR) is 30.1 cm³/mol. The zero-order valence-electron chi connectivity index (χ0n) is 3.35. The second-order valence-electron chi connectivity index (χ2n) is 1.06. The SMILES string of the molecule is Fc1ccsc1[S]. The second kappa shape index (κ2) is 1.76. The molecule has 0 aliphatic heterocycles. The van der Waals surface area contributed by atoms with E-state index < -0.39 is 0 Å². The summed E-state index contributed by atoms with van der Waals surface area (Å²) in [5.41, 5.74) is 0. The largest absolute Gasteiger partial charge is 0.204 e. The van der Waals surface area contributed by atoms with Crippen LogP contribution in [0.1, 0.15) is 0 Å². The van der Waals surface area contributed by atoms with Crippen LogP contribution in [0.3, 0.4) is 0 Å². The van der Waals surface area contributed by atoms with E-state index in [9.17, 15) is 4.39 Å². The van der Waals surface area contributed by atoms with E-state index in [1.807, 2.05) is 0 Å². The van der Waals surface area contributed by atoms with Crippen molar-refractivity contribution >= 4 is 24.0 Å². The summed E-state index contributed by atoms with van der Waals surface area (Å²) < 4.78 is 12.3. The molecule has 0 nitrogen and oxygen atoms in total. The zero-order chi connectivity index (χ0) is 5.28. The third-order valence-electron chi connectivity index (χ3n) is 0.584. The van der Waals surface area contributed by atoms with Gasteiger partial charge in [-0.05, 0) is 11.4 Å². The van der Waals surface area contributed by atoms with Gasteiger partial charge in [-0.1, -0.05) is 12.6 Å². The van der Waals surface area contributed by atoms with Crippen molar-refractivity contribution in [2.75, 3.05) is 0 Å². The second-order valence-corrected chi connectivity index (χ2v) is 2.64. The van der Waals surface area contributed by atoms with Crippen LogP contribution < -0.4 is 0 Å². The highest BCUT2D eigenvalue weighted by Crippen LogP contribution is 2.17. The lowest BCUT2D eigenvalue weighted by Crippen LogP contribution is -1.57. The Hall–Kier alpha value is -0.150. The van der Waals surface area contributed by atoms with Gasteiger partial charge in [0.05, 0.1) is 0 Å².